The highest BCUT2D eigenvalue weighted by Gasteiger charge is 2.24. The monoisotopic (exact) mass is 237 g/mol. The first-order valence-corrected chi connectivity index (χ1v) is 5.07. The topological polar surface area (TPSA) is 117 Å². The smallest absolute Gasteiger partial charge is 0.245 e. The molecule has 0 fully saturated rings. The second kappa shape index (κ2) is 4.95. The zero-order chi connectivity index (χ0) is 13.1. The average Bonchev–Trinajstić information content (AvgIpc) is 2.60. The number of carbonyl (C=O) groups excluding carboxylic acids is 1. The van der Waals surface area contributed by atoms with E-state index in [1.165, 1.54) is 10.9 Å². The van der Waals surface area contributed by atoms with Crippen LogP contribution in [0.1, 0.15) is 19.4 Å². The lowest BCUT2D eigenvalue weighted by molar-refractivity contribution is -0.120. The number of nitrogens with two attached hydrogens (primary N) is 1. The van der Waals surface area contributed by atoms with E-state index in [4.69, 9.17) is 16.1 Å². The number of hydrogen-bond donors (Lipinski definition) is 3. The van der Waals surface area contributed by atoms with Crippen LogP contribution in [-0.2, 0) is 11.3 Å². The van der Waals surface area contributed by atoms with Gasteiger partial charge < -0.3 is 16.2 Å². The molecule has 4 N–H and O–H groups in total. The molecular weight excluding hydrogens is 222 g/mol. The number of aromatic nitrogens is 2. The molecule has 1 aromatic heterocycles. The van der Waals surface area contributed by atoms with Crippen LogP contribution in [0.4, 0.5) is 5.82 Å². The average molecular weight is 237 g/mol. The van der Waals surface area contributed by atoms with Gasteiger partial charge in [-0.05, 0) is 13.8 Å². The molecule has 0 saturated carbocycles. The van der Waals surface area contributed by atoms with Crippen LogP contribution in [0.2, 0.25) is 0 Å². The van der Waals surface area contributed by atoms with Gasteiger partial charge in [0.15, 0.2) is 0 Å². The fraction of sp³-hybridized carbons (Fsp3) is 0.500. The van der Waals surface area contributed by atoms with Crippen molar-refractivity contribution in [1.29, 1.82) is 5.26 Å². The van der Waals surface area contributed by atoms with Crippen molar-refractivity contribution < 1.29 is 9.90 Å². The number of rotatable bonds is 4. The van der Waals surface area contributed by atoms with Gasteiger partial charge in [-0.3, -0.25) is 4.79 Å². The predicted molar refractivity (Wildman–Crippen MR) is 60.9 cm³/mol. The number of carbonyl (C=O) groups is 1. The van der Waals surface area contributed by atoms with Gasteiger partial charge in [-0.2, -0.15) is 10.4 Å². The first-order valence-electron chi connectivity index (χ1n) is 5.07. The zero-order valence-corrected chi connectivity index (χ0v) is 9.77. The van der Waals surface area contributed by atoms with Gasteiger partial charge in [0.25, 0.3) is 0 Å². The van der Waals surface area contributed by atoms with Crippen molar-refractivity contribution >= 4 is 11.7 Å². The lowest BCUT2D eigenvalue weighted by atomic mass is 10.1. The molecule has 0 aliphatic heterocycles. The molecule has 0 atom stereocenters. The van der Waals surface area contributed by atoms with Crippen LogP contribution in [-0.4, -0.2) is 32.9 Å². The summed E-state index contributed by atoms with van der Waals surface area (Å²) in [5, 5.41) is 24.1. The van der Waals surface area contributed by atoms with Crippen molar-refractivity contribution in [2.75, 3.05) is 11.9 Å². The lowest BCUT2D eigenvalue weighted by Crippen LogP contribution is -2.45. The molecule has 1 heterocycles. The number of nitriles is 1. The predicted octanol–water partition coefficient (Wildman–Crippen LogP) is -0.577. The molecule has 0 aliphatic rings. The SMILES string of the molecule is CC(C)(N)C(=O)Nc1c(C#N)cnn1CCO. The molecular formula is C10H15N5O2. The van der Waals surface area contributed by atoms with Gasteiger partial charge in [0.1, 0.15) is 17.5 Å². The van der Waals surface area contributed by atoms with Gasteiger partial charge >= 0.3 is 0 Å². The quantitative estimate of drug-likeness (QED) is 0.647. The first kappa shape index (κ1) is 13.2. The normalized spacial score (nSPS) is 11.0. The number of amides is 1. The van der Waals surface area contributed by atoms with Crippen molar-refractivity contribution in [2.24, 2.45) is 5.73 Å². The molecule has 1 amide bonds. The standard InChI is InChI=1S/C10H15N5O2/c1-10(2,12)9(17)14-8-7(5-11)6-13-15(8)3-4-16/h6,16H,3-4,12H2,1-2H3,(H,14,17). The maximum absolute atomic E-state index is 11.7. The minimum Gasteiger partial charge on any atom is -0.394 e. The molecule has 17 heavy (non-hydrogen) atoms. The molecule has 1 rings (SSSR count). The number of nitrogens with one attached hydrogen (secondary N) is 1. The Bertz CT molecular complexity index is 452. The molecule has 0 unspecified atom stereocenters. The van der Waals surface area contributed by atoms with Gasteiger partial charge in [0, 0.05) is 0 Å². The van der Waals surface area contributed by atoms with E-state index in [0.717, 1.165) is 0 Å². The third-order valence-corrected chi connectivity index (χ3v) is 2.09. The van der Waals surface area contributed by atoms with Gasteiger partial charge in [0.05, 0.1) is 24.9 Å². The highest BCUT2D eigenvalue weighted by molar-refractivity contribution is 5.97. The number of aliphatic hydroxyl groups is 1. The number of aliphatic hydroxyl groups excluding tert-OH is 1. The van der Waals surface area contributed by atoms with Gasteiger partial charge in [0.2, 0.25) is 5.91 Å². The van der Waals surface area contributed by atoms with Crippen LogP contribution in [0.15, 0.2) is 6.20 Å². The molecule has 1 aromatic rings. The van der Waals surface area contributed by atoms with Crippen molar-refractivity contribution in [3.05, 3.63) is 11.8 Å². The minimum atomic E-state index is -1.05. The van der Waals surface area contributed by atoms with Crippen LogP contribution in [0.25, 0.3) is 0 Å². The van der Waals surface area contributed by atoms with E-state index >= 15 is 0 Å². The molecule has 7 heteroatoms. The Morgan fingerprint density at radius 3 is 2.88 bits per heavy atom. The van der Waals surface area contributed by atoms with Crippen LogP contribution in [0.3, 0.4) is 0 Å². The van der Waals surface area contributed by atoms with E-state index in [2.05, 4.69) is 10.4 Å². The van der Waals surface area contributed by atoms with Crippen molar-refractivity contribution in [3.8, 4) is 6.07 Å². The summed E-state index contributed by atoms with van der Waals surface area (Å²) in [6.45, 7) is 3.17. The van der Waals surface area contributed by atoms with Crippen molar-refractivity contribution in [2.45, 2.75) is 25.9 Å². The third kappa shape index (κ3) is 3.03. The maximum atomic E-state index is 11.7. The number of anilines is 1. The summed E-state index contributed by atoms with van der Waals surface area (Å²) in [6, 6.07) is 1.91. The minimum absolute atomic E-state index is 0.137. The Morgan fingerprint density at radius 2 is 2.41 bits per heavy atom. The fourth-order valence-electron chi connectivity index (χ4n) is 1.13. The molecule has 92 valence electrons. The lowest BCUT2D eigenvalue weighted by Gasteiger charge is -2.18. The highest BCUT2D eigenvalue weighted by atomic mass is 16.3. The first-order chi connectivity index (χ1) is 7.90. The summed E-state index contributed by atoms with van der Waals surface area (Å²) >= 11 is 0. The van der Waals surface area contributed by atoms with E-state index < -0.39 is 11.4 Å². The molecule has 0 aromatic carbocycles. The fourth-order valence-corrected chi connectivity index (χ4v) is 1.13. The number of hydrogen-bond acceptors (Lipinski definition) is 5. The van der Waals surface area contributed by atoms with E-state index in [1.54, 1.807) is 13.8 Å². The molecule has 0 bridgehead atoms. The summed E-state index contributed by atoms with van der Waals surface area (Å²) in [5.41, 5.74) is 4.82. The summed E-state index contributed by atoms with van der Waals surface area (Å²) in [4.78, 5) is 11.7. The Morgan fingerprint density at radius 1 is 1.76 bits per heavy atom. The molecule has 0 aliphatic carbocycles. The van der Waals surface area contributed by atoms with Crippen LogP contribution in [0.5, 0.6) is 0 Å². The van der Waals surface area contributed by atoms with Gasteiger partial charge in [-0.25, -0.2) is 4.68 Å². The van der Waals surface area contributed by atoms with Gasteiger partial charge in [-0.15, -0.1) is 0 Å². The number of nitrogens with zero attached hydrogens (tertiary/aromatic N) is 3. The van der Waals surface area contributed by atoms with E-state index in [-0.39, 0.29) is 24.5 Å². The second-order valence-corrected chi connectivity index (χ2v) is 4.14. The third-order valence-electron chi connectivity index (χ3n) is 2.09. The van der Waals surface area contributed by atoms with Crippen LogP contribution >= 0.6 is 0 Å². The Hall–Kier alpha value is -1.91. The van der Waals surface area contributed by atoms with Crippen LogP contribution < -0.4 is 11.1 Å². The molecule has 7 nitrogen and oxygen atoms in total. The summed E-state index contributed by atoms with van der Waals surface area (Å²) < 4.78 is 1.35. The Labute approximate surface area is 98.8 Å². The van der Waals surface area contributed by atoms with Crippen molar-refractivity contribution in [1.82, 2.24) is 9.78 Å². The second-order valence-electron chi connectivity index (χ2n) is 4.14. The zero-order valence-electron chi connectivity index (χ0n) is 9.77. The largest absolute Gasteiger partial charge is 0.394 e. The summed E-state index contributed by atoms with van der Waals surface area (Å²) in [5.74, 6) is -0.168. The molecule has 0 saturated heterocycles. The summed E-state index contributed by atoms with van der Waals surface area (Å²) in [7, 11) is 0. The van der Waals surface area contributed by atoms with E-state index in [9.17, 15) is 4.79 Å². The molecule has 0 radical (unpaired) electrons. The van der Waals surface area contributed by atoms with E-state index in [0.29, 0.717) is 0 Å². The highest BCUT2D eigenvalue weighted by Crippen LogP contribution is 2.15. The summed E-state index contributed by atoms with van der Waals surface area (Å²) in [6.07, 6.45) is 1.33. The van der Waals surface area contributed by atoms with E-state index in [1.807, 2.05) is 6.07 Å². The Kier molecular flexibility index (Phi) is 3.83. The molecule has 0 spiro atoms. The van der Waals surface area contributed by atoms with Gasteiger partial charge in [-0.1, -0.05) is 0 Å². The maximum Gasteiger partial charge on any atom is 0.245 e. The van der Waals surface area contributed by atoms with Crippen molar-refractivity contribution in [3.63, 3.8) is 0 Å². The van der Waals surface area contributed by atoms with Crippen LogP contribution in [0, 0.1) is 11.3 Å². The Balaban J connectivity index is 3.00.